The molecule has 0 N–H and O–H groups in total. The lowest BCUT2D eigenvalue weighted by atomic mass is 10.1. The monoisotopic (exact) mass is 260 g/mol. The van der Waals surface area contributed by atoms with Gasteiger partial charge in [0.1, 0.15) is 0 Å². The molecule has 0 rings (SSSR count). The molecule has 0 bridgehead atoms. The van der Waals surface area contributed by atoms with Crippen molar-refractivity contribution in [1.29, 1.82) is 0 Å². The van der Waals surface area contributed by atoms with Crippen LogP contribution in [0.25, 0.3) is 0 Å². The molecule has 0 heterocycles. The first-order valence-electron chi connectivity index (χ1n) is 7.61. The molecule has 1 nitrogen and oxygen atoms in total. The zero-order valence-corrected chi connectivity index (χ0v) is 12.8. The van der Waals surface area contributed by atoms with Gasteiger partial charge in [-0.25, -0.2) is 0 Å². The van der Waals surface area contributed by atoms with Crippen molar-refractivity contribution in [2.24, 2.45) is 0 Å². The van der Waals surface area contributed by atoms with Gasteiger partial charge in [-0.3, -0.25) is 0 Å². The second-order valence-corrected chi connectivity index (χ2v) is 5.49. The third-order valence-electron chi connectivity index (χ3n) is 3.16. The number of rotatable bonds is 13. The maximum absolute atomic E-state index is 5.53. The van der Waals surface area contributed by atoms with Crippen molar-refractivity contribution in [2.75, 3.05) is 6.61 Å². The van der Waals surface area contributed by atoms with E-state index < -0.39 is 0 Å². The van der Waals surface area contributed by atoms with Gasteiger partial charge in [-0.15, -0.1) is 12.6 Å². The zero-order chi connectivity index (χ0) is 12.8. The summed E-state index contributed by atoms with van der Waals surface area (Å²) in [7, 11) is 0. The van der Waals surface area contributed by atoms with Crippen LogP contribution in [-0.4, -0.2) is 12.0 Å². The standard InChI is InChI=1S/C15H32OS/c1-3-5-6-7-8-9-10-11-12-13-14-16-15(17)4-2/h15,17H,3-14H2,1-2H3. The molecule has 0 aromatic carbocycles. The summed E-state index contributed by atoms with van der Waals surface area (Å²) < 4.78 is 5.53. The van der Waals surface area contributed by atoms with E-state index >= 15 is 0 Å². The van der Waals surface area contributed by atoms with Crippen molar-refractivity contribution in [1.82, 2.24) is 0 Å². The average molecular weight is 260 g/mol. The number of hydrogen-bond donors (Lipinski definition) is 1. The van der Waals surface area contributed by atoms with Gasteiger partial charge in [-0.2, -0.15) is 0 Å². The Labute approximate surface area is 114 Å². The van der Waals surface area contributed by atoms with Gasteiger partial charge in [0.15, 0.2) is 0 Å². The molecular formula is C15H32OS. The van der Waals surface area contributed by atoms with E-state index in [0.29, 0.717) is 0 Å². The molecule has 0 radical (unpaired) electrons. The van der Waals surface area contributed by atoms with Crippen molar-refractivity contribution in [3.05, 3.63) is 0 Å². The summed E-state index contributed by atoms with van der Waals surface area (Å²) in [5.74, 6) is 0. The van der Waals surface area contributed by atoms with E-state index in [1.807, 2.05) is 0 Å². The smallest absolute Gasteiger partial charge is 0.0996 e. The predicted molar refractivity (Wildman–Crippen MR) is 80.9 cm³/mol. The van der Waals surface area contributed by atoms with Gasteiger partial charge in [-0.05, 0) is 12.8 Å². The number of ether oxygens (including phenoxy) is 1. The summed E-state index contributed by atoms with van der Waals surface area (Å²) in [6.07, 6.45) is 14.8. The lowest BCUT2D eigenvalue weighted by Crippen LogP contribution is -2.04. The molecular weight excluding hydrogens is 228 g/mol. The summed E-state index contributed by atoms with van der Waals surface area (Å²) in [5.41, 5.74) is 0.147. The van der Waals surface area contributed by atoms with Crippen LogP contribution in [0.2, 0.25) is 0 Å². The lowest BCUT2D eigenvalue weighted by molar-refractivity contribution is 0.108. The number of unbranched alkanes of at least 4 members (excludes halogenated alkanes) is 9. The molecule has 0 aliphatic heterocycles. The Morgan fingerprint density at radius 1 is 0.765 bits per heavy atom. The zero-order valence-electron chi connectivity index (χ0n) is 11.9. The third kappa shape index (κ3) is 14.2. The summed E-state index contributed by atoms with van der Waals surface area (Å²) in [6.45, 7) is 5.27. The Hall–Kier alpha value is 0.310. The lowest BCUT2D eigenvalue weighted by Gasteiger charge is -2.09. The molecule has 0 fully saturated rings. The highest BCUT2D eigenvalue weighted by Gasteiger charge is 1.98. The van der Waals surface area contributed by atoms with Gasteiger partial charge < -0.3 is 4.74 Å². The highest BCUT2D eigenvalue weighted by molar-refractivity contribution is 7.80. The minimum atomic E-state index is 0.147. The predicted octanol–water partition coefficient (Wildman–Crippen LogP) is 5.59. The van der Waals surface area contributed by atoms with Gasteiger partial charge in [-0.1, -0.05) is 71.6 Å². The van der Waals surface area contributed by atoms with Crippen LogP contribution in [0.4, 0.5) is 0 Å². The van der Waals surface area contributed by atoms with Crippen LogP contribution in [0.3, 0.4) is 0 Å². The van der Waals surface area contributed by atoms with Crippen LogP contribution in [-0.2, 0) is 4.74 Å². The van der Waals surface area contributed by atoms with Crippen LogP contribution in [0, 0.1) is 0 Å². The third-order valence-corrected chi connectivity index (χ3v) is 3.67. The molecule has 0 saturated heterocycles. The highest BCUT2D eigenvalue weighted by atomic mass is 32.1. The molecule has 2 heteroatoms. The first-order chi connectivity index (χ1) is 8.31. The largest absolute Gasteiger partial charge is 0.368 e. The molecule has 1 unspecified atom stereocenters. The maximum Gasteiger partial charge on any atom is 0.0996 e. The van der Waals surface area contributed by atoms with Crippen molar-refractivity contribution < 1.29 is 4.74 Å². The normalized spacial score (nSPS) is 12.9. The first kappa shape index (κ1) is 17.3. The molecule has 0 amide bonds. The summed E-state index contributed by atoms with van der Waals surface area (Å²) in [4.78, 5) is 0. The fraction of sp³-hybridized carbons (Fsp3) is 1.00. The van der Waals surface area contributed by atoms with E-state index in [2.05, 4.69) is 26.5 Å². The SMILES string of the molecule is CCCCCCCCCCCCOC(S)CC. The second kappa shape index (κ2) is 14.4. The van der Waals surface area contributed by atoms with Gasteiger partial charge in [0.25, 0.3) is 0 Å². The van der Waals surface area contributed by atoms with E-state index in [1.54, 1.807) is 0 Å². The quantitative estimate of drug-likeness (QED) is 0.258. The van der Waals surface area contributed by atoms with Crippen LogP contribution in [0.5, 0.6) is 0 Å². The van der Waals surface area contributed by atoms with Crippen molar-refractivity contribution >= 4 is 12.6 Å². The van der Waals surface area contributed by atoms with Gasteiger partial charge in [0.2, 0.25) is 0 Å². The number of thiol groups is 1. The van der Waals surface area contributed by atoms with Gasteiger partial charge >= 0.3 is 0 Å². The van der Waals surface area contributed by atoms with Crippen molar-refractivity contribution in [3.8, 4) is 0 Å². The fourth-order valence-corrected chi connectivity index (χ4v) is 2.03. The minimum Gasteiger partial charge on any atom is -0.368 e. The summed E-state index contributed by atoms with van der Waals surface area (Å²) >= 11 is 4.31. The average Bonchev–Trinajstić information content (AvgIpc) is 2.35. The summed E-state index contributed by atoms with van der Waals surface area (Å²) in [5, 5.41) is 0. The molecule has 104 valence electrons. The Morgan fingerprint density at radius 2 is 1.24 bits per heavy atom. The molecule has 0 aromatic rings. The van der Waals surface area contributed by atoms with Gasteiger partial charge in [0, 0.05) is 6.61 Å². The fourth-order valence-electron chi connectivity index (χ4n) is 1.93. The van der Waals surface area contributed by atoms with Crippen LogP contribution < -0.4 is 0 Å². The van der Waals surface area contributed by atoms with Crippen molar-refractivity contribution in [2.45, 2.75) is 89.9 Å². The van der Waals surface area contributed by atoms with E-state index in [4.69, 9.17) is 4.74 Å². The van der Waals surface area contributed by atoms with Crippen LogP contribution >= 0.6 is 12.6 Å². The number of hydrogen-bond acceptors (Lipinski definition) is 2. The Morgan fingerprint density at radius 3 is 1.71 bits per heavy atom. The van der Waals surface area contributed by atoms with Gasteiger partial charge in [0.05, 0.1) is 5.44 Å². The maximum atomic E-state index is 5.53. The Bertz CT molecular complexity index is 139. The molecule has 17 heavy (non-hydrogen) atoms. The van der Waals surface area contributed by atoms with E-state index in [1.165, 1.54) is 64.2 Å². The summed E-state index contributed by atoms with van der Waals surface area (Å²) in [6, 6.07) is 0. The Kier molecular flexibility index (Phi) is 14.6. The topological polar surface area (TPSA) is 9.23 Å². The van der Waals surface area contributed by atoms with E-state index in [-0.39, 0.29) is 5.44 Å². The minimum absolute atomic E-state index is 0.147. The second-order valence-electron chi connectivity index (χ2n) is 4.92. The van der Waals surface area contributed by atoms with E-state index in [0.717, 1.165) is 13.0 Å². The van der Waals surface area contributed by atoms with Crippen LogP contribution in [0.15, 0.2) is 0 Å². The molecule has 0 aliphatic rings. The molecule has 0 aromatic heterocycles. The highest BCUT2D eigenvalue weighted by Crippen LogP contribution is 2.11. The molecule has 0 spiro atoms. The molecule has 0 aliphatic carbocycles. The molecule has 0 saturated carbocycles. The first-order valence-corrected chi connectivity index (χ1v) is 8.12. The van der Waals surface area contributed by atoms with E-state index in [9.17, 15) is 0 Å². The van der Waals surface area contributed by atoms with Crippen LogP contribution in [0.1, 0.15) is 84.5 Å². The molecule has 1 atom stereocenters. The van der Waals surface area contributed by atoms with Crippen molar-refractivity contribution in [3.63, 3.8) is 0 Å². The Balaban J connectivity index is 2.94.